The molecule has 0 aliphatic heterocycles. The maximum Gasteiger partial charge on any atom is 0.125 e. The van der Waals surface area contributed by atoms with Crippen LogP contribution in [-0.4, -0.2) is 5.11 Å². The Morgan fingerprint density at radius 3 is 2.39 bits per heavy atom. The van der Waals surface area contributed by atoms with Gasteiger partial charge in [0.15, 0.2) is 0 Å². The molecular formula is C14H15BrO2S. The highest BCUT2D eigenvalue weighted by molar-refractivity contribution is 9.11. The second kappa shape index (κ2) is 5.87. The Morgan fingerprint density at radius 1 is 1.22 bits per heavy atom. The summed E-state index contributed by atoms with van der Waals surface area (Å²) in [5.74, 6) is 0.914. The van der Waals surface area contributed by atoms with Crippen molar-refractivity contribution in [3.63, 3.8) is 0 Å². The Hall–Kier alpha value is -0.840. The zero-order valence-corrected chi connectivity index (χ0v) is 12.8. The molecule has 0 fully saturated rings. The summed E-state index contributed by atoms with van der Waals surface area (Å²) < 4.78 is 6.99. The third-order valence-electron chi connectivity index (χ3n) is 2.69. The third kappa shape index (κ3) is 3.13. The van der Waals surface area contributed by atoms with Gasteiger partial charge in [-0.25, -0.2) is 0 Å². The molecule has 0 amide bonds. The lowest BCUT2D eigenvalue weighted by molar-refractivity contribution is 0.280. The van der Waals surface area contributed by atoms with Gasteiger partial charge in [-0.05, 0) is 58.6 Å². The van der Waals surface area contributed by atoms with E-state index in [9.17, 15) is 0 Å². The Balaban J connectivity index is 2.14. The molecule has 1 aromatic heterocycles. The van der Waals surface area contributed by atoms with E-state index in [2.05, 4.69) is 22.0 Å². The first-order valence-electron chi connectivity index (χ1n) is 5.68. The van der Waals surface area contributed by atoms with Gasteiger partial charge >= 0.3 is 0 Å². The minimum absolute atomic E-state index is 0.0693. The van der Waals surface area contributed by atoms with Gasteiger partial charge in [0.1, 0.15) is 12.4 Å². The molecule has 0 atom stereocenters. The van der Waals surface area contributed by atoms with E-state index in [1.807, 2.05) is 32.0 Å². The normalized spacial score (nSPS) is 10.7. The molecule has 0 unspecified atom stereocenters. The van der Waals surface area contributed by atoms with E-state index >= 15 is 0 Å². The van der Waals surface area contributed by atoms with Crippen molar-refractivity contribution in [2.45, 2.75) is 27.1 Å². The number of hydrogen-bond acceptors (Lipinski definition) is 3. The molecule has 0 bridgehead atoms. The molecule has 18 heavy (non-hydrogen) atoms. The predicted octanol–water partition coefficient (Wildman–Crippen LogP) is 4.20. The van der Waals surface area contributed by atoms with Crippen LogP contribution in [-0.2, 0) is 13.2 Å². The Kier molecular flexibility index (Phi) is 4.43. The van der Waals surface area contributed by atoms with Gasteiger partial charge in [0.25, 0.3) is 0 Å². The number of benzene rings is 1. The van der Waals surface area contributed by atoms with Crippen LogP contribution in [0.15, 0.2) is 28.1 Å². The first-order chi connectivity index (χ1) is 8.60. The first-order valence-corrected chi connectivity index (χ1v) is 7.29. The summed E-state index contributed by atoms with van der Waals surface area (Å²) >= 11 is 5.12. The number of rotatable bonds is 4. The van der Waals surface area contributed by atoms with Gasteiger partial charge in [0.05, 0.1) is 10.4 Å². The Labute approximate surface area is 119 Å². The summed E-state index contributed by atoms with van der Waals surface area (Å²) in [5.41, 5.74) is 3.06. The minimum Gasteiger partial charge on any atom is -0.488 e. The highest BCUT2D eigenvalue weighted by Gasteiger charge is 2.07. The van der Waals surface area contributed by atoms with E-state index in [1.165, 1.54) is 4.88 Å². The molecule has 1 N–H and O–H groups in total. The number of hydrogen-bond donors (Lipinski definition) is 1. The number of thiophene rings is 1. The topological polar surface area (TPSA) is 29.5 Å². The van der Waals surface area contributed by atoms with Crippen molar-refractivity contribution in [1.29, 1.82) is 0 Å². The molecule has 2 rings (SSSR count). The van der Waals surface area contributed by atoms with Gasteiger partial charge in [-0.3, -0.25) is 0 Å². The van der Waals surface area contributed by atoms with Crippen LogP contribution in [0, 0.1) is 13.8 Å². The number of aliphatic hydroxyl groups excluding tert-OH is 1. The fraction of sp³-hybridized carbons (Fsp3) is 0.286. The minimum atomic E-state index is 0.0693. The van der Waals surface area contributed by atoms with Gasteiger partial charge in [-0.2, -0.15) is 0 Å². The molecule has 1 heterocycles. The van der Waals surface area contributed by atoms with Crippen LogP contribution in [0.2, 0.25) is 0 Å². The third-order valence-corrected chi connectivity index (χ3v) is 4.29. The predicted molar refractivity (Wildman–Crippen MR) is 78.2 cm³/mol. The van der Waals surface area contributed by atoms with Gasteiger partial charge in [-0.1, -0.05) is 12.1 Å². The van der Waals surface area contributed by atoms with Crippen LogP contribution in [0.4, 0.5) is 0 Å². The van der Waals surface area contributed by atoms with E-state index < -0.39 is 0 Å². The molecule has 2 aromatic rings. The molecule has 4 heteroatoms. The summed E-state index contributed by atoms with van der Waals surface area (Å²) in [4.78, 5) is 1.19. The summed E-state index contributed by atoms with van der Waals surface area (Å²) in [7, 11) is 0. The van der Waals surface area contributed by atoms with Crippen molar-refractivity contribution in [3.8, 4) is 5.75 Å². The van der Waals surface area contributed by atoms with Gasteiger partial charge in [0, 0.05) is 4.88 Å². The van der Waals surface area contributed by atoms with Crippen molar-refractivity contribution < 1.29 is 9.84 Å². The zero-order chi connectivity index (χ0) is 13.1. The molecule has 2 nitrogen and oxygen atoms in total. The molecule has 0 aliphatic carbocycles. The number of ether oxygens (including phenoxy) is 1. The highest BCUT2D eigenvalue weighted by atomic mass is 79.9. The average molecular weight is 327 g/mol. The van der Waals surface area contributed by atoms with E-state index in [1.54, 1.807) is 11.3 Å². The highest BCUT2D eigenvalue weighted by Crippen LogP contribution is 2.28. The molecular weight excluding hydrogens is 312 g/mol. The lowest BCUT2D eigenvalue weighted by Crippen LogP contribution is -1.99. The van der Waals surface area contributed by atoms with Gasteiger partial charge < -0.3 is 9.84 Å². The summed E-state index contributed by atoms with van der Waals surface area (Å²) in [5, 5.41) is 9.14. The fourth-order valence-corrected chi connectivity index (χ4v) is 3.33. The lowest BCUT2D eigenvalue weighted by atomic mass is 10.1. The van der Waals surface area contributed by atoms with Crippen molar-refractivity contribution >= 4 is 27.3 Å². The van der Waals surface area contributed by atoms with Crippen LogP contribution in [0.5, 0.6) is 5.75 Å². The summed E-state index contributed by atoms with van der Waals surface area (Å²) in [6.45, 7) is 4.66. The lowest BCUT2D eigenvalue weighted by Gasteiger charge is -2.12. The molecule has 0 saturated carbocycles. The van der Waals surface area contributed by atoms with Crippen molar-refractivity contribution in [1.82, 2.24) is 0 Å². The van der Waals surface area contributed by atoms with Crippen LogP contribution in [0.1, 0.15) is 21.6 Å². The van der Waals surface area contributed by atoms with Gasteiger partial charge in [0.2, 0.25) is 0 Å². The quantitative estimate of drug-likeness (QED) is 0.912. The van der Waals surface area contributed by atoms with Crippen LogP contribution < -0.4 is 4.74 Å². The first kappa shape index (κ1) is 13.6. The standard InChI is InChI=1S/C14H15BrO2S/c1-9-5-11(7-16)6-10(2)14(9)17-8-12-3-4-13(15)18-12/h3-6,16H,7-8H2,1-2H3. The Morgan fingerprint density at radius 2 is 1.89 bits per heavy atom. The van der Waals surface area contributed by atoms with E-state index in [0.717, 1.165) is 26.2 Å². The molecule has 96 valence electrons. The van der Waals surface area contributed by atoms with Gasteiger partial charge in [-0.15, -0.1) is 11.3 Å². The smallest absolute Gasteiger partial charge is 0.125 e. The molecule has 0 saturated heterocycles. The maximum absolute atomic E-state index is 9.14. The van der Waals surface area contributed by atoms with E-state index in [0.29, 0.717) is 6.61 Å². The summed E-state index contributed by atoms with van der Waals surface area (Å²) in [6, 6.07) is 8.01. The number of aliphatic hydroxyl groups is 1. The average Bonchev–Trinajstić information content (AvgIpc) is 2.73. The second-order valence-electron chi connectivity index (χ2n) is 4.21. The number of halogens is 1. The van der Waals surface area contributed by atoms with E-state index in [-0.39, 0.29) is 6.61 Å². The monoisotopic (exact) mass is 326 g/mol. The molecule has 0 aliphatic rings. The second-order valence-corrected chi connectivity index (χ2v) is 6.76. The van der Waals surface area contributed by atoms with Crippen LogP contribution in [0.3, 0.4) is 0 Å². The van der Waals surface area contributed by atoms with Crippen molar-refractivity contribution in [2.24, 2.45) is 0 Å². The zero-order valence-electron chi connectivity index (χ0n) is 10.4. The van der Waals surface area contributed by atoms with Crippen LogP contribution in [0.25, 0.3) is 0 Å². The maximum atomic E-state index is 9.14. The molecule has 1 aromatic carbocycles. The summed E-state index contributed by atoms with van der Waals surface area (Å²) in [6.07, 6.45) is 0. The fourth-order valence-electron chi connectivity index (χ4n) is 1.93. The number of aryl methyl sites for hydroxylation is 2. The largest absolute Gasteiger partial charge is 0.488 e. The molecule has 0 radical (unpaired) electrons. The Bertz CT molecular complexity index is 525. The molecule has 0 spiro atoms. The van der Waals surface area contributed by atoms with E-state index in [4.69, 9.17) is 9.84 Å². The van der Waals surface area contributed by atoms with Crippen molar-refractivity contribution in [3.05, 3.63) is 49.6 Å². The van der Waals surface area contributed by atoms with Crippen LogP contribution >= 0.6 is 27.3 Å². The SMILES string of the molecule is Cc1cc(CO)cc(C)c1OCc1ccc(Br)s1. The van der Waals surface area contributed by atoms with Crippen molar-refractivity contribution in [2.75, 3.05) is 0 Å².